The van der Waals surface area contributed by atoms with Gasteiger partial charge in [-0.05, 0) is 20.4 Å². The minimum absolute atomic E-state index is 0.907. The lowest BCUT2D eigenvalue weighted by Crippen LogP contribution is -2.12. The first-order valence-corrected chi connectivity index (χ1v) is 4.95. The van der Waals surface area contributed by atoms with Gasteiger partial charge in [-0.2, -0.15) is 0 Å². The fourth-order valence-corrected chi connectivity index (χ4v) is 1.46. The lowest BCUT2D eigenvalue weighted by Gasteiger charge is -2.08. The van der Waals surface area contributed by atoms with Gasteiger partial charge in [0, 0.05) is 19.3 Å². The third-order valence-corrected chi connectivity index (χ3v) is 2.23. The molecule has 3 heteroatoms. The van der Waals surface area contributed by atoms with Gasteiger partial charge in [0.25, 0.3) is 0 Å². The zero-order valence-corrected chi connectivity index (χ0v) is 8.80. The fourth-order valence-electron chi connectivity index (χ4n) is 1.46. The Morgan fingerprint density at radius 3 is 2.92 bits per heavy atom. The summed E-state index contributed by atoms with van der Waals surface area (Å²) in [6, 6.07) is 0. The molecule has 0 aliphatic rings. The molecule has 0 bridgehead atoms. The van der Waals surface area contributed by atoms with Crippen LogP contribution in [0, 0.1) is 6.92 Å². The molecule has 74 valence electrons. The molecule has 0 aliphatic heterocycles. The van der Waals surface area contributed by atoms with Crippen LogP contribution in [0.15, 0.2) is 6.20 Å². The largest absolute Gasteiger partial charge is 0.331 e. The minimum atomic E-state index is 0.907. The third kappa shape index (κ3) is 2.56. The van der Waals surface area contributed by atoms with E-state index in [2.05, 4.69) is 28.7 Å². The molecule has 0 spiro atoms. The van der Waals surface area contributed by atoms with Gasteiger partial charge in [0.05, 0.1) is 5.69 Å². The predicted octanol–water partition coefficient (Wildman–Crippen LogP) is 1.71. The van der Waals surface area contributed by atoms with Crippen molar-refractivity contribution in [1.29, 1.82) is 0 Å². The van der Waals surface area contributed by atoms with Crippen LogP contribution >= 0.6 is 0 Å². The van der Waals surface area contributed by atoms with Gasteiger partial charge < -0.3 is 9.88 Å². The Hall–Kier alpha value is -0.830. The van der Waals surface area contributed by atoms with Crippen LogP contribution < -0.4 is 5.32 Å². The molecular formula is C10H19N3. The van der Waals surface area contributed by atoms with Crippen molar-refractivity contribution >= 4 is 0 Å². The molecule has 1 N–H and O–H groups in total. The van der Waals surface area contributed by atoms with E-state index in [9.17, 15) is 0 Å². The monoisotopic (exact) mass is 181 g/mol. The summed E-state index contributed by atoms with van der Waals surface area (Å²) < 4.78 is 2.29. The Morgan fingerprint density at radius 2 is 2.31 bits per heavy atom. The SMILES string of the molecule is CCCCn1c(CNC)cnc1C. The van der Waals surface area contributed by atoms with Gasteiger partial charge in [0.2, 0.25) is 0 Å². The lowest BCUT2D eigenvalue weighted by atomic mass is 10.3. The molecule has 13 heavy (non-hydrogen) atoms. The summed E-state index contributed by atoms with van der Waals surface area (Å²) in [5.74, 6) is 1.12. The third-order valence-electron chi connectivity index (χ3n) is 2.23. The van der Waals surface area contributed by atoms with Crippen molar-refractivity contribution in [3.8, 4) is 0 Å². The highest BCUT2D eigenvalue weighted by Gasteiger charge is 2.03. The Labute approximate surface area is 80.2 Å². The minimum Gasteiger partial charge on any atom is -0.331 e. The Morgan fingerprint density at radius 1 is 1.54 bits per heavy atom. The molecule has 3 nitrogen and oxygen atoms in total. The normalized spacial score (nSPS) is 10.7. The molecule has 1 aromatic rings. The maximum absolute atomic E-state index is 4.31. The smallest absolute Gasteiger partial charge is 0.105 e. The quantitative estimate of drug-likeness (QED) is 0.749. The highest BCUT2D eigenvalue weighted by Crippen LogP contribution is 2.06. The van der Waals surface area contributed by atoms with Crippen molar-refractivity contribution < 1.29 is 0 Å². The molecular weight excluding hydrogens is 162 g/mol. The van der Waals surface area contributed by atoms with Crippen LogP contribution in [-0.4, -0.2) is 16.6 Å². The van der Waals surface area contributed by atoms with Crippen molar-refractivity contribution in [3.63, 3.8) is 0 Å². The number of hydrogen-bond acceptors (Lipinski definition) is 2. The average molecular weight is 181 g/mol. The topological polar surface area (TPSA) is 29.9 Å². The second-order valence-corrected chi connectivity index (χ2v) is 3.33. The van der Waals surface area contributed by atoms with E-state index in [1.165, 1.54) is 18.5 Å². The summed E-state index contributed by atoms with van der Waals surface area (Å²) in [5, 5.41) is 3.15. The van der Waals surface area contributed by atoms with Gasteiger partial charge in [-0.1, -0.05) is 13.3 Å². The van der Waals surface area contributed by atoms with Crippen LogP contribution in [0.5, 0.6) is 0 Å². The molecule has 0 saturated heterocycles. The van der Waals surface area contributed by atoms with Crippen molar-refractivity contribution in [3.05, 3.63) is 17.7 Å². The van der Waals surface area contributed by atoms with Crippen LogP contribution in [0.3, 0.4) is 0 Å². The summed E-state index contributed by atoms with van der Waals surface area (Å²) in [6.45, 7) is 6.28. The van der Waals surface area contributed by atoms with Gasteiger partial charge in [0.15, 0.2) is 0 Å². The number of aryl methyl sites for hydroxylation is 1. The molecule has 1 aromatic heterocycles. The Balaban J connectivity index is 2.69. The van der Waals surface area contributed by atoms with Crippen LogP contribution in [0.1, 0.15) is 31.3 Å². The van der Waals surface area contributed by atoms with Crippen molar-refractivity contribution in [1.82, 2.24) is 14.9 Å². The number of aromatic nitrogens is 2. The fraction of sp³-hybridized carbons (Fsp3) is 0.700. The molecule has 0 fully saturated rings. The first-order valence-electron chi connectivity index (χ1n) is 4.95. The lowest BCUT2D eigenvalue weighted by molar-refractivity contribution is 0.583. The van der Waals surface area contributed by atoms with Crippen LogP contribution in [-0.2, 0) is 13.1 Å². The molecule has 0 radical (unpaired) electrons. The van der Waals surface area contributed by atoms with E-state index < -0.39 is 0 Å². The highest BCUT2D eigenvalue weighted by atomic mass is 15.1. The van der Waals surface area contributed by atoms with Crippen LogP contribution in [0.2, 0.25) is 0 Å². The predicted molar refractivity (Wildman–Crippen MR) is 54.6 cm³/mol. The first-order chi connectivity index (χ1) is 6.29. The summed E-state index contributed by atoms with van der Waals surface area (Å²) in [6.07, 6.45) is 4.42. The van der Waals surface area contributed by atoms with Gasteiger partial charge in [-0.25, -0.2) is 4.98 Å². The van der Waals surface area contributed by atoms with Crippen LogP contribution in [0.25, 0.3) is 0 Å². The van der Waals surface area contributed by atoms with E-state index in [-0.39, 0.29) is 0 Å². The molecule has 1 heterocycles. The first kappa shape index (κ1) is 10.3. The second kappa shape index (κ2) is 5.02. The number of unbranched alkanes of at least 4 members (excludes halogenated alkanes) is 1. The summed E-state index contributed by atoms with van der Waals surface area (Å²) in [7, 11) is 1.96. The standard InChI is InChI=1S/C10H19N3/c1-4-5-6-13-9(2)12-8-10(13)7-11-3/h8,11H,4-7H2,1-3H3. The van der Waals surface area contributed by atoms with Crippen molar-refractivity contribution in [2.45, 2.75) is 39.8 Å². The molecule has 0 amide bonds. The summed E-state index contributed by atoms with van der Waals surface area (Å²) in [5.41, 5.74) is 1.29. The number of hydrogen-bond donors (Lipinski definition) is 1. The van der Waals surface area contributed by atoms with Gasteiger partial charge >= 0.3 is 0 Å². The van der Waals surface area contributed by atoms with Gasteiger partial charge in [0.1, 0.15) is 5.82 Å². The van der Waals surface area contributed by atoms with Crippen molar-refractivity contribution in [2.24, 2.45) is 0 Å². The van der Waals surface area contributed by atoms with E-state index in [0.29, 0.717) is 0 Å². The molecule has 0 atom stereocenters. The summed E-state index contributed by atoms with van der Waals surface area (Å²) in [4.78, 5) is 4.31. The van der Waals surface area contributed by atoms with Crippen LogP contribution in [0.4, 0.5) is 0 Å². The zero-order valence-electron chi connectivity index (χ0n) is 8.80. The van der Waals surface area contributed by atoms with E-state index in [1.54, 1.807) is 0 Å². The van der Waals surface area contributed by atoms with E-state index >= 15 is 0 Å². The molecule has 0 saturated carbocycles. The second-order valence-electron chi connectivity index (χ2n) is 3.33. The maximum atomic E-state index is 4.31. The Bertz CT molecular complexity index is 253. The van der Waals surface area contributed by atoms with Gasteiger partial charge in [-0.3, -0.25) is 0 Å². The number of nitrogens with one attached hydrogen (secondary N) is 1. The van der Waals surface area contributed by atoms with E-state index in [4.69, 9.17) is 0 Å². The number of rotatable bonds is 5. The molecule has 0 unspecified atom stereocenters. The average Bonchev–Trinajstić information content (AvgIpc) is 2.45. The highest BCUT2D eigenvalue weighted by molar-refractivity contribution is 5.04. The molecule has 0 aromatic carbocycles. The molecule has 0 aliphatic carbocycles. The van der Waals surface area contributed by atoms with E-state index in [0.717, 1.165) is 18.9 Å². The maximum Gasteiger partial charge on any atom is 0.105 e. The van der Waals surface area contributed by atoms with Crippen molar-refractivity contribution in [2.75, 3.05) is 7.05 Å². The number of imidazole rings is 1. The number of nitrogens with zero attached hydrogens (tertiary/aromatic N) is 2. The van der Waals surface area contributed by atoms with Gasteiger partial charge in [-0.15, -0.1) is 0 Å². The molecule has 1 rings (SSSR count). The zero-order chi connectivity index (χ0) is 9.68. The summed E-state index contributed by atoms with van der Waals surface area (Å²) >= 11 is 0. The van der Waals surface area contributed by atoms with E-state index in [1.807, 2.05) is 13.2 Å². The Kier molecular flexibility index (Phi) is 3.96.